The molecule has 132 valence electrons. The molecule has 2 saturated heterocycles. The van der Waals surface area contributed by atoms with Crippen LogP contribution in [0.4, 0.5) is 0 Å². The minimum atomic E-state index is -0.250. The maximum Gasteiger partial charge on any atom is 0.229 e. The quantitative estimate of drug-likeness (QED) is 0.920. The standard InChI is InChI=1S/C20H30N2O2/c1-21-13-9-20(10-14-21,15-17-5-3-2-4-6-17)19(24)22-11-7-18(16-23)8-12-22/h2-6,18,23H,7-16H2,1H3. The van der Waals surface area contributed by atoms with Gasteiger partial charge in [-0.15, -0.1) is 0 Å². The summed E-state index contributed by atoms with van der Waals surface area (Å²) in [7, 11) is 2.14. The van der Waals surface area contributed by atoms with Gasteiger partial charge in [-0.2, -0.15) is 0 Å². The van der Waals surface area contributed by atoms with Crippen LogP contribution in [0.15, 0.2) is 30.3 Å². The molecule has 24 heavy (non-hydrogen) atoms. The number of piperidine rings is 2. The average molecular weight is 330 g/mol. The first-order valence-electron chi connectivity index (χ1n) is 9.26. The zero-order chi connectivity index (χ0) is 17.0. The Hall–Kier alpha value is -1.39. The van der Waals surface area contributed by atoms with Gasteiger partial charge in [-0.25, -0.2) is 0 Å². The topological polar surface area (TPSA) is 43.8 Å². The normalized spacial score (nSPS) is 22.5. The van der Waals surface area contributed by atoms with Crippen molar-refractivity contribution in [1.82, 2.24) is 9.80 Å². The van der Waals surface area contributed by atoms with Crippen LogP contribution in [0, 0.1) is 11.3 Å². The third-order valence-corrected chi connectivity index (χ3v) is 5.94. The largest absolute Gasteiger partial charge is 0.396 e. The molecule has 2 fully saturated rings. The highest BCUT2D eigenvalue weighted by Crippen LogP contribution is 2.38. The fraction of sp³-hybridized carbons (Fsp3) is 0.650. The fourth-order valence-electron chi connectivity index (χ4n) is 4.15. The van der Waals surface area contributed by atoms with Gasteiger partial charge < -0.3 is 14.9 Å². The minimum Gasteiger partial charge on any atom is -0.396 e. The second-order valence-electron chi connectivity index (χ2n) is 7.66. The summed E-state index contributed by atoms with van der Waals surface area (Å²) in [4.78, 5) is 17.8. The SMILES string of the molecule is CN1CCC(Cc2ccccc2)(C(=O)N2CCC(CO)CC2)CC1. The Morgan fingerprint density at radius 2 is 1.75 bits per heavy atom. The van der Waals surface area contributed by atoms with Gasteiger partial charge in [0.15, 0.2) is 0 Å². The van der Waals surface area contributed by atoms with E-state index in [9.17, 15) is 9.90 Å². The number of amides is 1. The Balaban J connectivity index is 1.75. The van der Waals surface area contributed by atoms with Crippen LogP contribution in [0.1, 0.15) is 31.2 Å². The first-order chi connectivity index (χ1) is 11.6. The van der Waals surface area contributed by atoms with E-state index in [1.165, 1.54) is 5.56 Å². The summed E-state index contributed by atoms with van der Waals surface area (Å²) in [6, 6.07) is 10.5. The van der Waals surface area contributed by atoms with Crippen LogP contribution in [0.25, 0.3) is 0 Å². The molecule has 1 amide bonds. The number of hydrogen-bond donors (Lipinski definition) is 1. The van der Waals surface area contributed by atoms with Crippen LogP contribution in [0.5, 0.6) is 0 Å². The lowest BCUT2D eigenvalue weighted by atomic mass is 9.72. The first kappa shape index (κ1) is 17.4. The van der Waals surface area contributed by atoms with Crippen LogP contribution in [-0.2, 0) is 11.2 Å². The van der Waals surface area contributed by atoms with Crippen molar-refractivity contribution >= 4 is 5.91 Å². The number of benzene rings is 1. The number of aliphatic hydroxyl groups excluding tert-OH is 1. The zero-order valence-electron chi connectivity index (χ0n) is 14.8. The fourth-order valence-corrected chi connectivity index (χ4v) is 4.15. The smallest absolute Gasteiger partial charge is 0.229 e. The van der Waals surface area contributed by atoms with Gasteiger partial charge in [0.25, 0.3) is 0 Å². The molecule has 0 aliphatic carbocycles. The van der Waals surface area contributed by atoms with Crippen molar-refractivity contribution in [3.8, 4) is 0 Å². The molecule has 0 atom stereocenters. The molecule has 2 aliphatic rings. The van der Waals surface area contributed by atoms with E-state index in [-0.39, 0.29) is 12.0 Å². The Morgan fingerprint density at radius 3 is 2.33 bits per heavy atom. The molecule has 1 N–H and O–H groups in total. The van der Waals surface area contributed by atoms with Gasteiger partial charge in [-0.1, -0.05) is 30.3 Å². The number of nitrogens with zero attached hydrogens (tertiary/aromatic N) is 2. The lowest BCUT2D eigenvalue weighted by Crippen LogP contribution is -2.52. The van der Waals surface area contributed by atoms with Gasteiger partial charge in [0.2, 0.25) is 5.91 Å². The molecule has 0 bridgehead atoms. The van der Waals surface area contributed by atoms with Gasteiger partial charge in [-0.05, 0) is 63.7 Å². The lowest BCUT2D eigenvalue weighted by Gasteiger charge is -2.44. The Kier molecular flexibility index (Phi) is 5.57. The summed E-state index contributed by atoms with van der Waals surface area (Å²) in [6.45, 7) is 3.84. The molecular weight excluding hydrogens is 300 g/mol. The molecular formula is C20H30N2O2. The Labute approximate surface area is 145 Å². The molecule has 4 nitrogen and oxygen atoms in total. The summed E-state index contributed by atoms with van der Waals surface area (Å²) < 4.78 is 0. The Morgan fingerprint density at radius 1 is 1.12 bits per heavy atom. The molecule has 0 unspecified atom stereocenters. The lowest BCUT2D eigenvalue weighted by molar-refractivity contribution is -0.146. The van der Waals surface area contributed by atoms with Crippen LogP contribution in [0.2, 0.25) is 0 Å². The monoisotopic (exact) mass is 330 g/mol. The van der Waals surface area contributed by atoms with Crippen molar-refractivity contribution in [3.63, 3.8) is 0 Å². The minimum absolute atomic E-state index is 0.250. The van der Waals surface area contributed by atoms with Crippen molar-refractivity contribution in [2.45, 2.75) is 32.1 Å². The van der Waals surface area contributed by atoms with E-state index in [1.807, 2.05) is 6.07 Å². The number of carbonyl (C=O) groups excluding carboxylic acids is 1. The zero-order valence-corrected chi connectivity index (χ0v) is 14.8. The second kappa shape index (κ2) is 7.66. The molecule has 1 aromatic carbocycles. The van der Waals surface area contributed by atoms with Gasteiger partial charge in [-0.3, -0.25) is 4.79 Å². The van der Waals surface area contributed by atoms with E-state index in [0.717, 1.165) is 58.3 Å². The third-order valence-electron chi connectivity index (χ3n) is 5.94. The molecule has 0 spiro atoms. The second-order valence-corrected chi connectivity index (χ2v) is 7.66. The van der Waals surface area contributed by atoms with E-state index in [2.05, 4.69) is 41.1 Å². The first-order valence-corrected chi connectivity index (χ1v) is 9.26. The molecule has 3 rings (SSSR count). The van der Waals surface area contributed by atoms with Crippen molar-refractivity contribution in [2.24, 2.45) is 11.3 Å². The predicted octanol–water partition coefficient (Wildman–Crippen LogP) is 2.17. The molecule has 0 saturated carbocycles. The highest BCUT2D eigenvalue weighted by molar-refractivity contribution is 5.83. The highest BCUT2D eigenvalue weighted by atomic mass is 16.3. The molecule has 1 aromatic rings. The molecule has 0 radical (unpaired) electrons. The van der Waals surface area contributed by atoms with Crippen LogP contribution < -0.4 is 0 Å². The average Bonchev–Trinajstić information content (AvgIpc) is 2.64. The van der Waals surface area contributed by atoms with E-state index in [0.29, 0.717) is 11.8 Å². The van der Waals surface area contributed by atoms with Gasteiger partial charge in [0.1, 0.15) is 0 Å². The van der Waals surface area contributed by atoms with Gasteiger partial charge >= 0.3 is 0 Å². The van der Waals surface area contributed by atoms with Crippen molar-refractivity contribution < 1.29 is 9.90 Å². The van der Waals surface area contributed by atoms with E-state index >= 15 is 0 Å². The third kappa shape index (κ3) is 3.81. The summed E-state index contributed by atoms with van der Waals surface area (Å²) in [5.74, 6) is 0.715. The number of likely N-dealkylation sites (tertiary alicyclic amines) is 2. The Bertz CT molecular complexity index is 530. The van der Waals surface area contributed by atoms with Crippen LogP contribution in [0.3, 0.4) is 0 Å². The van der Waals surface area contributed by atoms with Crippen molar-refractivity contribution in [2.75, 3.05) is 39.8 Å². The summed E-state index contributed by atoms with van der Waals surface area (Å²) in [5, 5.41) is 9.33. The predicted molar refractivity (Wildman–Crippen MR) is 95.7 cm³/mol. The van der Waals surface area contributed by atoms with Crippen LogP contribution >= 0.6 is 0 Å². The molecule has 4 heteroatoms. The maximum absolute atomic E-state index is 13.4. The van der Waals surface area contributed by atoms with E-state index < -0.39 is 0 Å². The number of carbonyl (C=O) groups is 1. The summed E-state index contributed by atoms with van der Waals surface area (Å²) in [5.41, 5.74) is 1.01. The van der Waals surface area contributed by atoms with Crippen molar-refractivity contribution in [3.05, 3.63) is 35.9 Å². The molecule has 0 aromatic heterocycles. The van der Waals surface area contributed by atoms with Gasteiger partial charge in [0, 0.05) is 19.7 Å². The molecule has 2 aliphatic heterocycles. The number of aliphatic hydroxyl groups is 1. The van der Waals surface area contributed by atoms with E-state index in [1.54, 1.807) is 0 Å². The summed E-state index contributed by atoms with van der Waals surface area (Å²) >= 11 is 0. The highest BCUT2D eigenvalue weighted by Gasteiger charge is 2.43. The van der Waals surface area contributed by atoms with Crippen molar-refractivity contribution in [1.29, 1.82) is 0 Å². The summed E-state index contributed by atoms with van der Waals surface area (Å²) in [6.07, 6.45) is 4.60. The molecule has 2 heterocycles. The number of hydrogen-bond acceptors (Lipinski definition) is 3. The van der Waals surface area contributed by atoms with Crippen LogP contribution in [-0.4, -0.2) is 60.6 Å². The van der Waals surface area contributed by atoms with Gasteiger partial charge in [0.05, 0.1) is 5.41 Å². The van der Waals surface area contributed by atoms with E-state index in [4.69, 9.17) is 0 Å². The maximum atomic E-state index is 13.4. The number of rotatable bonds is 4.